The molecule has 6 heteroatoms. The van der Waals surface area contributed by atoms with Crippen LogP contribution in [0.5, 0.6) is 0 Å². The number of anilines is 1. The lowest BCUT2D eigenvalue weighted by molar-refractivity contribution is -0.154. The normalized spacial score (nSPS) is 16.8. The van der Waals surface area contributed by atoms with E-state index < -0.39 is 5.60 Å². The maximum Gasteiger partial charge on any atom is 0.326 e. The minimum absolute atomic E-state index is 0.0264. The van der Waals surface area contributed by atoms with Gasteiger partial charge in [0.15, 0.2) is 0 Å². The summed E-state index contributed by atoms with van der Waals surface area (Å²) in [7, 11) is 0. The lowest BCUT2D eigenvalue weighted by Gasteiger charge is -2.33. The average Bonchev–Trinajstić information content (AvgIpc) is 3.15. The zero-order valence-electron chi connectivity index (χ0n) is 16.4. The van der Waals surface area contributed by atoms with Crippen molar-refractivity contribution in [2.75, 3.05) is 24.5 Å². The van der Waals surface area contributed by atoms with Crippen molar-refractivity contribution in [3.8, 4) is 0 Å². The molecule has 0 radical (unpaired) electrons. The fourth-order valence-electron chi connectivity index (χ4n) is 4.01. The van der Waals surface area contributed by atoms with Gasteiger partial charge < -0.3 is 14.5 Å². The van der Waals surface area contributed by atoms with Crippen molar-refractivity contribution >= 4 is 56.8 Å². The monoisotopic (exact) mass is 412 g/mol. The first-order valence-corrected chi connectivity index (χ1v) is 10.5. The molecule has 146 valence electrons. The first-order valence-electron chi connectivity index (χ1n) is 9.65. The van der Waals surface area contributed by atoms with Crippen molar-refractivity contribution in [1.29, 1.82) is 0 Å². The molecule has 28 heavy (non-hydrogen) atoms. The molecular weight excluding hydrogens is 388 g/mol. The molecule has 0 bridgehead atoms. The van der Waals surface area contributed by atoms with E-state index in [2.05, 4.69) is 23.1 Å². The second-order valence-corrected chi connectivity index (χ2v) is 9.11. The van der Waals surface area contributed by atoms with Crippen LogP contribution in [0.1, 0.15) is 44.7 Å². The number of carbonyl (C=O) groups excluding carboxylic acids is 1. The van der Waals surface area contributed by atoms with E-state index in [4.69, 9.17) is 29.2 Å². The van der Waals surface area contributed by atoms with Crippen LogP contribution in [-0.4, -0.2) is 46.1 Å². The highest BCUT2D eigenvalue weighted by molar-refractivity contribution is 7.82. The van der Waals surface area contributed by atoms with Crippen LogP contribution in [0.3, 0.4) is 0 Å². The number of rotatable bonds is 3. The van der Waals surface area contributed by atoms with E-state index in [0.717, 1.165) is 29.6 Å². The minimum atomic E-state index is -0.543. The summed E-state index contributed by atoms with van der Waals surface area (Å²) in [5, 5.41) is 2.28. The Bertz CT molecular complexity index is 966. The van der Waals surface area contributed by atoms with Gasteiger partial charge in [0.05, 0.1) is 0 Å². The summed E-state index contributed by atoms with van der Waals surface area (Å²) in [6.07, 6.45) is 2.45. The molecule has 2 heterocycles. The van der Waals surface area contributed by atoms with E-state index in [9.17, 15) is 4.79 Å². The summed E-state index contributed by atoms with van der Waals surface area (Å²) >= 11 is 11.5. The number of hydrogen-bond donors (Lipinski definition) is 0. The van der Waals surface area contributed by atoms with Gasteiger partial charge in [0.25, 0.3) is 0 Å². The Morgan fingerprint density at radius 1 is 1.04 bits per heavy atom. The van der Waals surface area contributed by atoms with Gasteiger partial charge in [-0.05, 0) is 45.7 Å². The quantitative estimate of drug-likeness (QED) is 0.547. The van der Waals surface area contributed by atoms with Crippen LogP contribution in [0.15, 0.2) is 30.3 Å². The maximum absolute atomic E-state index is 12.4. The van der Waals surface area contributed by atoms with Crippen LogP contribution in [0.25, 0.3) is 10.8 Å². The summed E-state index contributed by atoms with van der Waals surface area (Å²) in [6, 6.07) is 10.4. The predicted octanol–water partition coefficient (Wildman–Crippen LogP) is 4.45. The average molecular weight is 413 g/mol. The number of thiocarbonyl (C=S) groups is 2. The van der Waals surface area contributed by atoms with Crippen molar-refractivity contribution < 1.29 is 9.53 Å². The van der Waals surface area contributed by atoms with E-state index in [1.54, 1.807) is 4.90 Å². The van der Waals surface area contributed by atoms with Gasteiger partial charge in [0, 0.05) is 40.7 Å². The SMILES string of the molecule is CC(C)(C)OC(=O)CN1C(=S)c2cccc3c(N4CCCC4)ccc(c23)C1=S. The van der Waals surface area contributed by atoms with E-state index >= 15 is 0 Å². The Labute approximate surface area is 176 Å². The molecule has 4 nitrogen and oxygen atoms in total. The van der Waals surface area contributed by atoms with E-state index in [1.165, 1.54) is 23.9 Å². The topological polar surface area (TPSA) is 32.8 Å². The Morgan fingerprint density at radius 2 is 1.68 bits per heavy atom. The molecule has 0 aromatic heterocycles. The van der Waals surface area contributed by atoms with Crippen LogP contribution >= 0.6 is 24.4 Å². The van der Waals surface area contributed by atoms with Gasteiger partial charge in [-0.3, -0.25) is 4.79 Å². The van der Waals surface area contributed by atoms with Crippen molar-refractivity contribution in [1.82, 2.24) is 4.90 Å². The molecule has 0 saturated carbocycles. The molecule has 2 aliphatic heterocycles. The molecule has 0 unspecified atom stereocenters. The second kappa shape index (κ2) is 7.08. The number of carbonyl (C=O) groups is 1. The Hall–Kier alpha value is -2.05. The highest BCUT2D eigenvalue weighted by atomic mass is 32.1. The van der Waals surface area contributed by atoms with Gasteiger partial charge in [-0.1, -0.05) is 42.6 Å². The third-order valence-electron chi connectivity index (χ3n) is 5.12. The molecule has 0 spiro atoms. The molecule has 1 fully saturated rings. The summed E-state index contributed by atoms with van der Waals surface area (Å²) in [5.74, 6) is -0.332. The summed E-state index contributed by atoms with van der Waals surface area (Å²) in [4.78, 5) is 17.8. The molecule has 0 N–H and O–H groups in total. The zero-order valence-corrected chi connectivity index (χ0v) is 18.1. The van der Waals surface area contributed by atoms with Crippen LogP contribution in [-0.2, 0) is 9.53 Å². The number of esters is 1. The highest BCUT2D eigenvalue weighted by Gasteiger charge is 2.31. The standard InChI is InChI=1S/C22H24N2O2S2/c1-22(2,3)26-18(25)13-24-20(27)15-8-6-7-14-17(23-11-4-5-12-23)10-9-16(19(14)15)21(24)28/h6-10H,4-5,11-13H2,1-3H3. The number of hydrogen-bond acceptors (Lipinski definition) is 5. The molecule has 0 atom stereocenters. The third kappa shape index (κ3) is 3.40. The summed E-state index contributed by atoms with van der Waals surface area (Å²) in [6.45, 7) is 7.75. The Morgan fingerprint density at radius 3 is 2.32 bits per heavy atom. The first-order chi connectivity index (χ1) is 13.3. The smallest absolute Gasteiger partial charge is 0.326 e. The van der Waals surface area contributed by atoms with E-state index in [1.807, 2.05) is 32.9 Å². The zero-order chi connectivity index (χ0) is 20.1. The van der Waals surface area contributed by atoms with Gasteiger partial charge >= 0.3 is 5.97 Å². The first kappa shape index (κ1) is 19.3. The molecule has 4 rings (SSSR count). The van der Waals surface area contributed by atoms with Crippen LogP contribution in [0.4, 0.5) is 5.69 Å². The maximum atomic E-state index is 12.4. The largest absolute Gasteiger partial charge is 0.459 e. The second-order valence-electron chi connectivity index (χ2n) is 8.34. The summed E-state index contributed by atoms with van der Waals surface area (Å²) < 4.78 is 5.48. The van der Waals surface area contributed by atoms with Gasteiger partial charge in [-0.25, -0.2) is 0 Å². The third-order valence-corrected chi connectivity index (χ3v) is 6.00. The number of benzene rings is 2. The molecule has 0 amide bonds. The van der Waals surface area contributed by atoms with Gasteiger partial charge in [0.1, 0.15) is 22.1 Å². The van der Waals surface area contributed by atoms with Crippen LogP contribution in [0, 0.1) is 0 Å². The van der Waals surface area contributed by atoms with Gasteiger partial charge in [-0.2, -0.15) is 0 Å². The fraction of sp³-hybridized carbons (Fsp3) is 0.409. The summed E-state index contributed by atoms with van der Waals surface area (Å²) in [5.41, 5.74) is 2.62. The Balaban J connectivity index is 1.74. The molecule has 1 saturated heterocycles. The molecule has 0 aliphatic carbocycles. The predicted molar refractivity (Wildman–Crippen MR) is 121 cm³/mol. The van der Waals surface area contributed by atoms with Crippen LogP contribution < -0.4 is 4.90 Å². The van der Waals surface area contributed by atoms with E-state index in [0.29, 0.717) is 9.98 Å². The molecule has 2 aromatic carbocycles. The molecular formula is C22H24N2O2S2. The highest BCUT2D eigenvalue weighted by Crippen LogP contribution is 2.37. The fourth-order valence-corrected chi connectivity index (χ4v) is 4.72. The lowest BCUT2D eigenvalue weighted by Crippen LogP contribution is -2.44. The van der Waals surface area contributed by atoms with Crippen molar-refractivity contribution in [3.63, 3.8) is 0 Å². The van der Waals surface area contributed by atoms with E-state index in [-0.39, 0.29) is 12.5 Å². The van der Waals surface area contributed by atoms with Crippen molar-refractivity contribution in [2.45, 2.75) is 39.2 Å². The van der Waals surface area contributed by atoms with Gasteiger partial charge in [-0.15, -0.1) is 0 Å². The molecule has 2 aromatic rings. The van der Waals surface area contributed by atoms with Crippen molar-refractivity contribution in [2.24, 2.45) is 0 Å². The van der Waals surface area contributed by atoms with Gasteiger partial charge in [0.2, 0.25) is 0 Å². The number of ether oxygens (including phenoxy) is 1. The van der Waals surface area contributed by atoms with Crippen LogP contribution in [0.2, 0.25) is 0 Å². The van der Waals surface area contributed by atoms with Crippen molar-refractivity contribution in [3.05, 3.63) is 41.5 Å². The number of nitrogens with zero attached hydrogens (tertiary/aromatic N) is 2. The lowest BCUT2D eigenvalue weighted by atomic mass is 9.93. The Kier molecular flexibility index (Phi) is 4.88. The minimum Gasteiger partial charge on any atom is -0.459 e. The molecule has 2 aliphatic rings.